The molecule has 0 saturated carbocycles. The van der Waals surface area contributed by atoms with Gasteiger partial charge in [-0.05, 0) is 87.8 Å². The number of ether oxygens (including phenoxy) is 3. The van der Waals surface area contributed by atoms with E-state index in [2.05, 4.69) is 16.1 Å². The second-order valence-electron chi connectivity index (χ2n) is 10.1. The van der Waals surface area contributed by atoms with Crippen LogP contribution in [0.5, 0.6) is 17.2 Å². The van der Waals surface area contributed by atoms with Gasteiger partial charge in [0.1, 0.15) is 22.1 Å². The van der Waals surface area contributed by atoms with Crippen LogP contribution in [0.25, 0.3) is 0 Å². The molecule has 1 aliphatic heterocycles. The van der Waals surface area contributed by atoms with Crippen LogP contribution in [0, 0.1) is 3.57 Å². The average molecular weight is 778 g/mol. The van der Waals surface area contributed by atoms with Crippen molar-refractivity contribution in [2.75, 3.05) is 21.3 Å². The molecule has 5 rings (SSSR count). The van der Waals surface area contributed by atoms with Crippen LogP contribution in [-0.2, 0) is 40.7 Å². The molecule has 1 aliphatic rings. The summed E-state index contributed by atoms with van der Waals surface area (Å²) < 4.78 is 70.2. The first-order valence-corrected chi connectivity index (χ1v) is 17.5. The lowest BCUT2D eigenvalue weighted by Crippen LogP contribution is -2.41. The Morgan fingerprint density at radius 2 is 1.28 bits per heavy atom. The summed E-state index contributed by atoms with van der Waals surface area (Å²) in [6.45, 7) is 0.313. The second kappa shape index (κ2) is 14.8. The van der Waals surface area contributed by atoms with Gasteiger partial charge in [-0.3, -0.25) is 5.43 Å². The molecule has 1 unspecified atom stereocenters. The predicted molar refractivity (Wildman–Crippen MR) is 182 cm³/mol. The number of methoxy groups -OCH3 is 3. The molecule has 12 nitrogen and oxygen atoms in total. The molecule has 1 atom stereocenters. The van der Waals surface area contributed by atoms with Crippen molar-refractivity contribution >= 4 is 49.5 Å². The van der Waals surface area contributed by atoms with E-state index in [1.54, 1.807) is 81.0 Å². The summed E-state index contributed by atoms with van der Waals surface area (Å²) in [6.07, 6.45) is 0. The SMILES string of the molecule is COc1ccc(CN2NN=C(c3c(I)ccc(S(=O)O)c3S(=O)(=O)N(Cc3ccc(OC)cc3)Cc3ccc(OC)cc3)N2)cc1. The second-order valence-corrected chi connectivity index (χ2v) is 14.0. The number of sulfonamides is 1. The number of hydrazone groups is 1. The Morgan fingerprint density at radius 3 is 1.74 bits per heavy atom. The Labute approximate surface area is 283 Å². The van der Waals surface area contributed by atoms with Crippen LogP contribution in [0.15, 0.2) is 99.8 Å². The Bertz CT molecular complexity index is 1790. The molecule has 0 radical (unpaired) electrons. The summed E-state index contributed by atoms with van der Waals surface area (Å²) in [4.78, 5) is -0.579. The number of nitrogens with one attached hydrogen (secondary N) is 2. The first kappa shape index (κ1) is 33.6. The van der Waals surface area contributed by atoms with Crippen molar-refractivity contribution in [2.45, 2.75) is 29.4 Å². The summed E-state index contributed by atoms with van der Waals surface area (Å²) in [5, 5.41) is 5.96. The Morgan fingerprint density at radius 1 is 0.804 bits per heavy atom. The van der Waals surface area contributed by atoms with Gasteiger partial charge in [-0.15, -0.1) is 10.2 Å². The number of hydrazine groups is 2. The van der Waals surface area contributed by atoms with E-state index in [0.29, 0.717) is 32.7 Å². The molecule has 0 bridgehead atoms. The molecule has 0 aromatic heterocycles. The van der Waals surface area contributed by atoms with Crippen LogP contribution in [0.2, 0.25) is 0 Å². The van der Waals surface area contributed by atoms with Gasteiger partial charge in [0.2, 0.25) is 10.0 Å². The van der Waals surface area contributed by atoms with E-state index >= 15 is 0 Å². The lowest BCUT2D eigenvalue weighted by molar-refractivity contribution is 0.170. The van der Waals surface area contributed by atoms with Gasteiger partial charge in [0, 0.05) is 16.7 Å². The number of benzene rings is 4. The Hall–Kier alpha value is -3.74. The van der Waals surface area contributed by atoms with Gasteiger partial charge in [-0.1, -0.05) is 36.4 Å². The largest absolute Gasteiger partial charge is 0.497 e. The lowest BCUT2D eigenvalue weighted by Gasteiger charge is -2.26. The van der Waals surface area contributed by atoms with Gasteiger partial charge in [0.15, 0.2) is 16.9 Å². The van der Waals surface area contributed by atoms with E-state index in [9.17, 15) is 17.2 Å². The quantitative estimate of drug-likeness (QED) is 0.132. The fourth-order valence-electron chi connectivity index (χ4n) is 4.77. The molecule has 0 amide bonds. The van der Waals surface area contributed by atoms with Crippen molar-refractivity contribution in [1.29, 1.82) is 0 Å². The highest BCUT2D eigenvalue weighted by atomic mass is 127. The van der Waals surface area contributed by atoms with E-state index in [4.69, 9.17) is 14.2 Å². The highest BCUT2D eigenvalue weighted by Gasteiger charge is 2.36. The lowest BCUT2D eigenvalue weighted by atomic mass is 10.2. The third-order valence-corrected chi connectivity index (χ3v) is 10.8. The summed E-state index contributed by atoms with van der Waals surface area (Å²) in [5.74, 6) is 2.15. The number of amidine groups is 1. The predicted octanol–water partition coefficient (Wildman–Crippen LogP) is 4.48. The molecule has 0 fully saturated rings. The molecule has 4 aromatic carbocycles. The summed E-state index contributed by atoms with van der Waals surface area (Å²) in [5.41, 5.74) is 8.47. The van der Waals surface area contributed by atoms with Gasteiger partial charge in [0.05, 0.1) is 38.3 Å². The van der Waals surface area contributed by atoms with Gasteiger partial charge in [-0.2, -0.15) is 4.31 Å². The zero-order chi connectivity index (χ0) is 32.8. The van der Waals surface area contributed by atoms with Crippen LogP contribution in [-0.4, -0.2) is 53.8 Å². The summed E-state index contributed by atoms with van der Waals surface area (Å²) in [7, 11) is 0.250. The minimum absolute atomic E-state index is 0.0253. The van der Waals surface area contributed by atoms with Crippen LogP contribution in [0.1, 0.15) is 22.3 Å². The molecule has 242 valence electrons. The average Bonchev–Trinajstić information content (AvgIpc) is 3.53. The first-order chi connectivity index (χ1) is 22.1. The maximum Gasteiger partial charge on any atom is 0.245 e. The molecule has 1 heterocycles. The van der Waals surface area contributed by atoms with Crippen molar-refractivity contribution < 1.29 is 31.4 Å². The summed E-state index contributed by atoms with van der Waals surface area (Å²) >= 11 is -0.630. The highest BCUT2D eigenvalue weighted by Crippen LogP contribution is 2.33. The molecular formula is C31H32IN5O7S2. The molecule has 15 heteroatoms. The topological polar surface area (TPSA) is 142 Å². The van der Waals surface area contributed by atoms with E-state index in [1.165, 1.54) is 10.4 Å². The van der Waals surface area contributed by atoms with E-state index < -0.39 is 21.1 Å². The van der Waals surface area contributed by atoms with Crippen molar-refractivity contribution in [3.63, 3.8) is 0 Å². The zero-order valence-corrected chi connectivity index (χ0v) is 28.9. The van der Waals surface area contributed by atoms with Crippen molar-refractivity contribution in [3.8, 4) is 17.2 Å². The number of hydrogen-bond acceptors (Lipinski definition) is 10. The molecule has 46 heavy (non-hydrogen) atoms. The van der Waals surface area contributed by atoms with Gasteiger partial charge >= 0.3 is 0 Å². The molecule has 0 saturated heterocycles. The van der Waals surface area contributed by atoms with Crippen molar-refractivity contribution in [2.24, 2.45) is 5.10 Å². The number of nitrogens with zero attached hydrogens (tertiary/aromatic N) is 3. The number of hydrogen-bond donors (Lipinski definition) is 3. The third kappa shape index (κ3) is 7.62. The normalized spacial score (nSPS) is 13.9. The first-order valence-electron chi connectivity index (χ1n) is 13.8. The maximum atomic E-state index is 14.8. The standard InChI is InChI=1S/C31H32IN5O7S2/c1-42-24-10-4-21(5-11-24)18-36(19-22-6-12-25(43-2)13-7-22)46(40,41)30-28(45(38)39)17-16-27(32)29(30)31-33-35-37(34-31)20-23-8-14-26(44-3)15-9-23/h4-17,35H,18-20H2,1-3H3,(H,33,34)(H,38,39). The third-order valence-electron chi connectivity index (χ3n) is 7.15. The molecule has 4 aromatic rings. The van der Waals surface area contributed by atoms with Crippen molar-refractivity contribution in [3.05, 3.63) is 111 Å². The number of halogens is 1. The monoisotopic (exact) mass is 777 g/mol. The zero-order valence-electron chi connectivity index (χ0n) is 25.1. The van der Waals surface area contributed by atoms with E-state index in [0.717, 1.165) is 11.3 Å². The fraction of sp³-hybridized carbons (Fsp3) is 0.194. The summed E-state index contributed by atoms with van der Waals surface area (Å²) in [6, 6.07) is 24.5. The van der Waals surface area contributed by atoms with Crippen LogP contribution >= 0.6 is 22.6 Å². The smallest absolute Gasteiger partial charge is 0.245 e. The Kier molecular flexibility index (Phi) is 10.8. The Balaban J connectivity index is 1.54. The molecular weight excluding hydrogens is 745 g/mol. The van der Waals surface area contributed by atoms with Crippen molar-refractivity contribution in [1.82, 2.24) is 20.4 Å². The molecule has 3 N–H and O–H groups in total. The minimum Gasteiger partial charge on any atom is -0.497 e. The minimum atomic E-state index is -4.45. The number of rotatable bonds is 13. The van der Waals surface area contributed by atoms with Gasteiger partial charge in [0.25, 0.3) is 0 Å². The van der Waals surface area contributed by atoms with Gasteiger partial charge in [-0.25, -0.2) is 18.2 Å². The van der Waals surface area contributed by atoms with E-state index in [1.807, 2.05) is 46.9 Å². The highest BCUT2D eigenvalue weighted by molar-refractivity contribution is 14.1. The van der Waals surface area contributed by atoms with Crippen LogP contribution in [0.4, 0.5) is 0 Å². The molecule has 0 spiro atoms. The fourth-order valence-corrected chi connectivity index (χ4v) is 8.31. The van der Waals surface area contributed by atoms with Crippen LogP contribution in [0.3, 0.4) is 0 Å². The maximum absolute atomic E-state index is 14.8. The van der Waals surface area contributed by atoms with Crippen LogP contribution < -0.4 is 25.2 Å². The van der Waals surface area contributed by atoms with E-state index in [-0.39, 0.29) is 34.3 Å². The molecule has 0 aliphatic carbocycles. The van der Waals surface area contributed by atoms with Gasteiger partial charge < -0.3 is 18.8 Å².